The molecule has 28 heavy (non-hydrogen) atoms. The van der Waals surface area contributed by atoms with Gasteiger partial charge in [-0.25, -0.2) is 0 Å². The zero-order valence-corrected chi connectivity index (χ0v) is 16.5. The van der Waals surface area contributed by atoms with Gasteiger partial charge in [-0.05, 0) is 71.8 Å². The molecule has 0 heterocycles. The standard InChI is InChI=1S/C27H27N/c1-21-9-7-14-26-24(21)17-16-23-12-5-6-13-25(23)27(26)15-8-19-28-20-18-22-10-3-2-4-11-22/h2-7,9-17,28H,8,18-20H2,1H3. The van der Waals surface area contributed by atoms with E-state index in [1.54, 1.807) is 0 Å². The van der Waals surface area contributed by atoms with Crippen molar-refractivity contribution < 1.29 is 0 Å². The van der Waals surface area contributed by atoms with Crippen molar-refractivity contribution >= 4 is 17.7 Å². The predicted molar refractivity (Wildman–Crippen MR) is 121 cm³/mol. The van der Waals surface area contributed by atoms with Gasteiger partial charge in [0, 0.05) is 0 Å². The maximum absolute atomic E-state index is 3.59. The number of fused-ring (bicyclic) bond motifs is 2. The van der Waals surface area contributed by atoms with Gasteiger partial charge in [0.05, 0.1) is 0 Å². The van der Waals surface area contributed by atoms with Crippen LogP contribution in [0.2, 0.25) is 0 Å². The third-order valence-corrected chi connectivity index (χ3v) is 5.40. The zero-order valence-electron chi connectivity index (χ0n) is 16.5. The second-order valence-corrected chi connectivity index (χ2v) is 7.35. The van der Waals surface area contributed by atoms with E-state index in [4.69, 9.17) is 0 Å². The highest BCUT2D eigenvalue weighted by molar-refractivity contribution is 5.94. The molecule has 3 aromatic carbocycles. The highest BCUT2D eigenvalue weighted by atomic mass is 14.8. The van der Waals surface area contributed by atoms with E-state index in [9.17, 15) is 0 Å². The van der Waals surface area contributed by atoms with E-state index >= 15 is 0 Å². The molecule has 0 radical (unpaired) electrons. The van der Waals surface area contributed by atoms with Crippen LogP contribution in [0.25, 0.3) is 17.7 Å². The lowest BCUT2D eigenvalue weighted by atomic mass is 9.91. The van der Waals surface area contributed by atoms with E-state index in [0.29, 0.717) is 0 Å². The first-order valence-corrected chi connectivity index (χ1v) is 10.2. The van der Waals surface area contributed by atoms with Crippen LogP contribution in [0.15, 0.2) is 78.9 Å². The Kier molecular flexibility index (Phi) is 5.84. The Morgan fingerprint density at radius 2 is 1.54 bits per heavy atom. The molecule has 1 aliphatic carbocycles. The van der Waals surface area contributed by atoms with Crippen molar-refractivity contribution in [1.29, 1.82) is 0 Å². The van der Waals surface area contributed by atoms with E-state index in [1.807, 2.05) is 0 Å². The highest BCUT2D eigenvalue weighted by Gasteiger charge is 2.15. The molecule has 3 aromatic rings. The van der Waals surface area contributed by atoms with Gasteiger partial charge < -0.3 is 5.32 Å². The third-order valence-electron chi connectivity index (χ3n) is 5.40. The van der Waals surface area contributed by atoms with E-state index in [0.717, 1.165) is 25.9 Å². The van der Waals surface area contributed by atoms with Crippen LogP contribution in [-0.4, -0.2) is 13.1 Å². The van der Waals surface area contributed by atoms with Crippen molar-refractivity contribution in [3.63, 3.8) is 0 Å². The third kappa shape index (κ3) is 4.16. The Morgan fingerprint density at radius 1 is 0.750 bits per heavy atom. The summed E-state index contributed by atoms with van der Waals surface area (Å²) in [5.74, 6) is 0. The van der Waals surface area contributed by atoms with Crippen LogP contribution in [0.5, 0.6) is 0 Å². The van der Waals surface area contributed by atoms with Crippen LogP contribution in [0.4, 0.5) is 0 Å². The van der Waals surface area contributed by atoms with Gasteiger partial charge in [-0.3, -0.25) is 0 Å². The minimum atomic E-state index is 0.993. The molecule has 0 saturated heterocycles. The van der Waals surface area contributed by atoms with Crippen molar-refractivity contribution in [3.05, 3.63) is 112 Å². The van der Waals surface area contributed by atoms with Gasteiger partial charge in [0.2, 0.25) is 0 Å². The van der Waals surface area contributed by atoms with Gasteiger partial charge in [-0.1, -0.05) is 91.0 Å². The molecular weight excluding hydrogens is 338 g/mol. The van der Waals surface area contributed by atoms with Crippen LogP contribution in [0.1, 0.15) is 39.8 Å². The molecule has 0 atom stereocenters. The highest BCUT2D eigenvalue weighted by Crippen LogP contribution is 2.35. The topological polar surface area (TPSA) is 12.0 Å². The van der Waals surface area contributed by atoms with E-state index in [2.05, 4.69) is 103 Å². The number of benzene rings is 3. The lowest BCUT2D eigenvalue weighted by molar-refractivity contribution is 0.689. The SMILES string of the molecule is Cc1cccc2c1C=Cc1ccccc1C2=CCCNCCc1ccccc1. The quantitative estimate of drug-likeness (QED) is 0.405. The van der Waals surface area contributed by atoms with Crippen molar-refractivity contribution in [1.82, 2.24) is 5.32 Å². The largest absolute Gasteiger partial charge is 0.316 e. The molecule has 1 aliphatic rings. The lowest BCUT2D eigenvalue weighted by Gasteiger charge is -2.13. The lowest BCUT2D eigenvalue weighted by Crippen LogP contribution is -2.18. The molecule has 1 nitrogen and oxygen atoms in total. The zero-order chi connectivity index (χ0) is 19.2. The molecule has 0 amide bonds. The maximum atomic E-state index is 3.59. The van der Waals surface area contributed by atoms with Crippen LogP contribution in [0, 0.1) is 6.92 Å². The molecular formula is C27H27N. The molecule has 0 bridgehead atoms. The molecule has 4 rings (SSSR count). The van der Waals surface area contributed by atoms with Crippen LogP contribution >= 0.6 is 0 Å². The van der Waals surface area contributed by atoms with Gasteiger partial charge in [-0.2, -0.15) is 0 Å². The van der Waals surface area contributed by atoms with Crippen LogP contribution in [0.3, 0.4) is 0 Å². The molecule has 0 saturated carbocycles. The molecule has 0 fully saturated rings. The summed E-state index contributed by atoms with van der Waals surface area (Å²) in [6.07, 6.45) is 9.01. The van der Waals surface area contributed by atoms with Gasteiger partial charge >= 0.3 is 0 Å². The minimum absolute atomic E-state index is 0.993. The Morgan fingerprint density at radius 3 is 2.43 bits per heavy atom. The van der Waals surface area contributed by atoms with E-state index in [1.165, 1.54) is 39.0 Å². The van der Waals surface area contributed by atoms with Crippen molar-refractivity contribution in [2.75, 3.05) is 13.1 Å². The average molecular weight is 366 g/mol. The summed E-state index contributed by atoms with van der Waals surface area (Å²) in [5.41, 5.74) is 9.36. The van der Waals surface area contributed by atoms with Crippen molar-refractivity contribution in [2.45, 2.75) is 19.8 Å². The number of nitrogens with one attached hydrogen (secondary N) is 1. The Balaban J connectivity index is 1.48. The van der Waals surface area contributed by atoms with Crippen LogP contribution in [-0.2, 0) is 6.42 Å². The van der Waals surface area contributed by atoms with Gasteiger partial charge in [0.25, 0.3) is 0 Å². The van der Waals surface area contributed by atoms with E-state index < -0.39 is 0 Å². The maximum Gasteiger partial charge on any atom is -0.000823 e. The van der Waals surface area contributed by atoms with Gasteiger partial charge in [0.15, 0.2) is 0 Å². The number of aryl methyl sites for hydroxylation is 1. The molecule has 0 unspecified atom stereocenters. The Labute approximate surface area is 168 Å². The predicted octanol–water partition coefficient (Wildman–Crippen LogP) is 6.13. The molecule has 0 aromatic heterocycles. The summed E-state index contributed by atoms with van der Waals surface area (Å²) in [6, 6.07) is 26.0. The fraction of sp³-hybridized carbons (Fsp3) is 0.185. The summed E-state index contributed by atoms with van der Waals surface area (Å²) < 4.78 is 0. The average Bonchev–Trinajstić information content (AvgIpc) is 2.89. The van der Waals surface area contributed by atoms with Crippen molar-refractivity contribution in [3.8, 4) is 0 Å². The second kappa shape index (κ2) is 8.86. The smallest absolute Gasteiger partial charge is 0.000823 e. The molecule has 0 spiro atoms. The molecule has 0 aliphatic heterocycles. The number of hydrogen-bond donors (Lipinski definition) is 1. The van der Waals surface area contributed by atoms with Gasteiger partial charge in [0.1, 0.15) is 0 Å². The number of rotatable bonds is 6. The summed E-state index contributed by atoms with van der Waals surface area (Å²) in [5, 5.41) is 3.59. The second-order valence-electron chi connectivity index (χ2n) is 7.35. The summed E-state index contributed by atoms with van der Waals surface area (Å²) >= 11 is 0. The molecule has 1 heteroatoms. The normalized spacial score (nSPS) is 13.8. The van der Waals surface area contributed by atoms with E-state index in [-0.39, 0.29) is 0 Å². The first kappa shape index (κ1) is 18.5. The minimum Gasteiger partial charge on any atom is -0.316 e. The Bertz CT molecular complexity index is 996. The van der Waals surface area contributed by atoms with Crippen molar-refractivity contribution in [2.24, 2.45) is 0 Å². The number of hydrogen-bond acceptors (Lipinski definition) is 1. The first-order valence-electron chi connectivity index (χ1n) is 10.2. The Hall–Kier alpha value is -2.90. The van der Waals surface area contributed by atoms with Gasteiger partial charge in [-0.15, -0.1) is 0 Å². The summed E-state index contributed by atoms with van der Waals surface area (Å²) in [7, 11) is 0. The summed E-state index contributed by atoms with van der Waals surface area (Å²) in [6.45, 7) is 4.20. The molecule has 1 N–H and O–H groups in total. The fourth-order valence-electron chi connectivity index (χ4n) is 3.88. The molecule has 140 valence electrons. The fourth-order valence-corrected chi connectivity index (χ4v) is 3.88. The summed E-state index contributed by atoms with van der Waals surface area (Å²) in [4.78, 5) is 0. The first-order chi connectivity index (χ1) is 13.8. The monoisotopic (exact) mass is 365 g/mol. The van der Waals surface area contributed by atoms with Crippen LogP contribution < -0.4 is 5.32 Å².